The molecule has 0 aromatic rings. The van der Waals surface area contributed by atoms with Crippen molar-refractivity contribution in [1.29, 1.82) is 0 Å². The fourth-order valence-electron chi connectivity index (χ4n) is 5.11. The summed E-state index contributed by atoms with van der Waals surface area (Å²) in [5.41, 5.74) is -0.443. The first-order chi connectivity index (χ1) is 11.1. The molecule has 4 nitrogen and oxygen atoms in total. The first-order valence-electron chi connectivity index (χ1n) is 9.22. The molecule has 0 amide bonds. The molecular formula is C20H30O4. The van der Waals surface area contributed by atoms with Gasteiger partial charge >= 0.3 is 11.9 Å². The van der Waals surface area contributed by atoms with Gasteiger partial charge in [-0.15, -0.1) is 0 Å². The number of carbonyl (C=O) groups is 2. The summed E-state index contributed by atoms with van der Waals surface area (Å²) in [6.07, 6.45) is 2.84. The SMILES string of the molecule is C=C1OC(=O)C(CC2C(C)C3CC(C(=O)OC(C)(C)C)C2C3)C1C. The Labute approximate surface area is 145 Å². The predicted octanol–water partition coefficient (Wildman–Crippen LogP) is 3.95. The Morgan fingerprint density at radius 1 is 1.29 bits per heavy atom. The van der Waals surface area contributed by atoms with E-state index in [1.165, 1.54) is 0 Å². The van der Waals surface area contributed by atoms with E-state index in [4.69, 9.17) is 9.47 Å². The predicted molar refractivity (Wildman–Crippen MR) is 90.7 cm³/mol. The second kappa shape index (κ2) is 5.89. The van der Waals surface area contributed by atoms with Crippen molar-refractivity contribution in [3.8, 4) is 0 Å². The van der Waals surface area contributed by atoms with Crippen molar-refractivity contribution in [2.75, 3.05) is 0 Å². The highest BCUT2D eigenvalue weighted by Gasteiger charge is 2.55. The van der Waals surface area contributed by atoms with Crippen LogP contribution in [0.25, 0.3) is 0 Å². The van der Waals surface area contributed by atoms with Crippen LogP contribution in [0, 0.1) is 41.4 Å². The summed E-state index contributed by atoms with van der Waals surface area (Å²) in [6, 6.07) is 0. The lowest BCUT2D eigenvalue weighted by atomic mass is 9.70. The van der Waals surface area contributed by atoms with Crippen molar-refractivity contribution in [2.24, 2.45) is 41.4 Å². The van der Waals surface area contributed by atoms with Gasteiger partial charge in [-0.2, -0.15) is 0 Å². The Hall–Kier alpha value is -1.32. The first-order valence-corrected chi connectivity index (χ1v) is 9.22. The number of rotatable bonds is 3. The molecule has 0 spiro atoms. The van der Waals surface area contributed by atoms with Crippen molar-refractivity contribution in [1.82, 2.24) is 0 Å². The van der Waals surface area contributed by atoms with Gasteiger partial charge in [0.2, 0.25) is 0 Å². The fourth-order valence-corrected chi connectivity index (χ4v) is 5.11. The third-order valence-electron chi connectivity index (χ3n) is 6.50. The standard InChI is InChI=1S/C20H30O4/c1-10-12(3)23-18(21)15(10)9-14-11(2)13-7-16(14)17(8-13)19(22)24-20(4,5)6/h10-11,13-17H,3,7-9H2,1-2,4-6H3. The van der Waals surface area contributed by atoms with Gasteiger partial charge in [0.1, 0.15) is 11.4 Å². The van der Waals surface area contributed by atoms with Gasteiger partial charge in [0, 0.05) is 5.92 Å². The molecule has 1 aliphatic heterocycles. The van der Waals surface area contributed by atoms with E-state index in [1.54, 1.807) is 0 Å². The highest BCUT2D eigenvalue weighted by atomic mass is 16.6. The highest BCUT2D eigenvalue weighted by molar-refractivity contribution is 5.77. The average Bonchev–Trinajstić information content (AvgIpc) is 3.07. The zero-order valence-electron chi connectivity index (χ0n) is 15.5. The van der Waals surface area contributed by atoms with E-state index in [2.05, 4.69) is 13.5 Å². The van der Waals surface area contributed by atoms with Gasteiger partial charge in [0.15, 0.2) is 0 Å². The molecule has 24 heavy (non-hydrogen) atoms. The normalized spacial score (nSPS) is 41.6. The van der Waals surface area contributed by atoms with Crippen molar-refractivity contribution in [3.63, 3.8) is 0 Å². The van der Waals surface area contributed by atoms with E-state index >= 15 is 0 Å². The Kier molecular flexibility index (Phi) is 4.29. The summed E-state index contributed by atoms with van der Waals surface area (Å²) in [4.78, 5) is 24.7. The molecule has 1 saturated heterocycles. The van der Waals surface area contributed by atoms with E-state index in [1.807, 2.05) is 27.7 Å². The summed E-state index contributed by atoms with van der Waals surface area (Å²) >= 11 is 0. The maximum Gasteiger partial charge on any atom is 0.314 e. The number of cyclic esters (lactones) is 1. The van der Waals surface area contributed by atoms with E-state index in [0.29, 0.717) is 29.4 Å². The van der Waals surface area contributed by atoms with Crippen LogP contribution in [-0.4, -0.2) is 17.5 Å². The van der Waals surface area contributed by atoms with Crippen LogP contribution in [0.1, 0.15) is 53.9 Å². The maximum absolute atomic E-state index is 12.6. The number of carbonyl (C=O) groups excluding carboxylic acids is 2. The summed E-state index contributed by atoms with van der Waals surface area (Å²) in [6.45, 7) is 13.9. The zero-order valence-corrected chi connectivity index (χ0v) is 15.5. The molecule has 0 N–H and O–H groups in total. The van der Waals surface area contributed by atoms with Crippen LogP contribution in [0.2, 0.25) is 0 Å². The van der Waals surface area contributed by atoms with Crippen LogP contribution >= 0.6 is 0 Å². The molecule has 2 bridgehead atoms. The fraction of sp³-hybridized carbons (Fsp3) is 0.800. The number of esters is 2. The van der Waals surface area contributed by atoms with Crippen molar-refractivity contribution >= 4 is 11.9 Å². The number of fused-ring (bicyclic) bond motifs is 2. The van der Waals surface area contributed by atoms with Crippen molar-refractivity contribution in [2.45, 2.75) is 59.5 Å². The number of hydrogen-bond donors (Lipinski definition) is 0. The summed E-state index contributed by atoms with van der Waals surface area (Å²) in [5, 5.41) is 0. The molecule has 2 aliphatic carbocycles. The third-order valence-corrected chi connectivity index (χ3v) is 6.50. The maximum atomic E-state index is 12.6. The topological polar surface area (TPSA) is 52.6 Å². The van der Waals surface area contributed by atoms with Gasteiger partial charge in [-0.1, -0.05) is 20.4 Å². The molecule has 1 heterocycles. The lowest BCUT2D eigenvalue weighted by molar-refractivity contribution is -0.163. The Balaban J connectivity index is 1.71. The largest absolute Gasteiger partial charge is 0.460 e. The molecular weight excluding hydrogens is 304 g/mol. The zero-order chi connectivity index (χ0) is 17.8. The quantitative estimate of drug-likeness (QED) is 0.733. The number of ether oxygens (including phenoxy) is 2. The smallest absolute Gasteiger partial charge is 0.314 e. The van der Waals surface area contributed by atoms with E-state index < -0.39 is 5.60 Å². The summed E-state index contributed by atoms with van der Waals surface area (Å²) in [7, 11) is 0. The molecule has 4 heteroatoms. The molecule has 3 rings (SSSR count). The molecule has 0 aromatic carbocycles. The molecule has 0 radical (unpaired) electrons. The summed E-state index contributed by atoms with van der Waals surface area (Å²) < 4.78 is 10.9. The molecule has 3 aliphatic rings. The van der Waals surface area contributed by atoms with Crippen molar-refractivity contribution < 1.29 is 19.1 Å². The Morgan fingerprint density at radius 3 is 2.46 bits per heavy atom. The van der Waals surface area contributed by atoms with E-state index in [-0.39, 0.29) is 29.7 Å². The van der Waals surface area contributed by atoms with Gasteiger partial charge in [0.25, 0.3) is 0 Å². The van der Waals surface area contributed by atoms with Crippen molar-refractivity contribution in [3.05, 3.63) is 12.3 Å². The van der Waals surface area contributed by atoms with Crippen LogP contribution < -0.4 is 0 Å². The summed E-state index contributed by atoms with van der Waals surface area (Å²) in [5.74, 6) is 2.22. The minimum absolute atomic E-state index is 0.00800. The highest BCUT2D eigenvalue weighted by Crippen LogP contribution is 2.58. The van der Waals surface area contributed by atoms with Gasteiger partial charge in [-0.25, -0.2) is 0 Å². The molecule has 0 aromatic heterocycles. The monoisotopic (exact) mass is 334 g/mol. The van der Waals surface area contributed by atoms with Gasteiger partial charge in [-0.05, 0) is 63.7 Å². The lowest BCUT2D eigenvalue weighted by Crippen LogP contribution is -2.37. The Bertz CT molecular complexity index is 558. The second-order valence-corrected chi connectivity index (χ2v) is 9.08. The van der Waals surface area contributed by atoms with Crippen LogP contribution in [0.15, 0.2) is 12.3 Å². The Morgan fingerprint density at radius 2 is 1.96 bits per heavy atom. The molecule has 134 valence electrons. The van der Waals surface area contributed by atoms with Crippen LogP contribution in [0.3, 0.4) is 0 Å². The number of hydrogen-bond acceptors (Lipinski definition) is 4. The van der Waals surface area contributed by atoms with Gasteiger partial charge < -0.3 is 9.47 Å². The van der Waals surface area contributed by atoms with Gasteiger partial charge in [0.05, 0.1) is 11.8 Å². The van der Waals surface area contributed by atoms with Crippen LogP contribution in [0.5, 0.6) is 0 Å². The molecule has 3 fully saturated rings. The van der Waals surface area contributed by atoms with E-state index in [9.17, 15) is 9.59 Å². The minimum Gasteiger partial charge on any atom is -0.460 e. The molecule has 7 unspecified atom stereocenters. The number of allylic oxidation sites excluding steroid dienone is 1. The average molecular weight is 334 g/mol. The second-order valence-electron chi connectivity index (χ2n) is 9.08. The first kappa shape index (κ1) is 17.5. The van der Waals surface area contributed by atoms with E-state index in [0.717, 1.165) is 19.3 Å². The molecule has 2 saturated carbocycles. The third kappa shape index (κ3) is 3.00. The minimum atomic E-state index is -0.443. The van der Waals surface area contributed by atoms with Gasteiger partial charge in [-0.3, -0.25) is 9.59 Å². The van der Waals surface area contributed by atoms with Crippen LogP contribution in [-0.2, 0) is 19.1 Å². The molecule has 7 atom stereocenters. The van der Waals surface area contributed by atoms with Crippen LogP contribution in [0.4, 0.5) is 0 Å². The lowest BCUT2D eigenvalue weighted by Gasteiger charge is -2.35.